The van der Waals surface area contributed by atoms with E-state index in [0.717, 1.165) is 37.5 Å². The van der Waals surface area contributed by atoms with Gasteiger partial charge in [0.2, 0.25) is 5.91 Å². The number of piperazine rings is 1. The molecule has 0 aromatic heterocycles. The van der Waals surface area contributed by atoms with Crippen molar-refractivity contribution in [3.05, 3.63) is 65.2 Å². The highest BCUT2D eigenvalue weighted by Crippen LogP contribution is 2.14. The third-order valence-electron chi connectivity index (χ3n) is 4.87. The Hall–Kier alpha value is -3.00. The van der Waals surface area contributed by atoms with Crippen LogP contribution in [0.15, 0.2) is 42.5 Å². The molecule has 0 bridgehead atoms. The molecule has 1 aliphatic heterocycles. The molecular weight excluding hydrogens is 380 g/mol. The van der Waals surface area contributed by atoms with Gasteiger partial charge in [0, 0.05) is 38.8 Å². The molecule has 2 aromatic rings. The summed E-state index contributed by atoms with van der Waals surface area (Å²) in [5.41, 5.74) is 0.877. The molecule has 8 heteroatoms. The molecular formula is C21H23F2N3O3. The van der Waals surface area contributed by atoms with E-state index in [0.29, 0.717) is 19.2 Å². The van der Waals surface area contributed by atoms with Crippen LogP contribution in [0.5, 0.6) is 5.75 Å². The van der Waals surface area contributed by atoms with Gasteiger partial charge < -0.3 is 15.0 Å². The molecule has 0 atom stereocenters. The van der Waals surface area contributed by atoms with Crippen molar-refractivity contribution in [3.63, 3.8) is 0 Å². The van der Waals surface area contributed by atoms with Gasteiger partial charge in [-0.15, -0.1) is 0 Å². The number of rotatable bonds is 6. The molecule has 6 nitrogen and oxygen atoms in total. The molecule has 1 N–H and O–H groups in total. The zero-order valence-electron chi connectivity index (χ0n) is 16.2. The SMILES string of the molecule is COc1ccc(CN2CCN(C(=O)CNC(=O)c3ccc(F)cc3F)CC2)cc1. The number of methoxy groups -OCH3 is 1. The van der Waals surface area contributed by atoms with Crippen LogP contribution in [0.25, 0.3) is 0 Å². The van der Waals surface area contributed by atoms with Crippen LogP contribution in [0.1, 0.15) is 15.9 Å². The summed E-state index contributed by atoms with van der Waals surface area (Å²) in [5.74, 6) is -1.88. The van der Waals surface area contributed by atoms with E-state index in [1.165, 1.54) is 5.56 Å². The summed E-state index contributed by atoms with van der Waals surface area (Å²) >= 11 is 0. The predicted molar refractivity (Wildman–Crippen MR) is 104 cm³/mol. The lowest BCUT2D eigenvalue weighted by Gasteiger charge is -2.34. The van der Waals surface area contributed by atoms with Crippen molar-refractivity contribution < 1.29 is 23.1 Å². The number of hydrogen-bond donors (Lipinski definition) is 1. The summed E-state index contributed by atoms with van der Waals surface area (Å²) in [6.45, 7) is 3.10. The van der Waals surface area contributed by atoms with Gasteiger partial charge in [-0.1, -0.05) is 12.1 Å². The van der Waals surface area contributed by atoms with Gasteiger partial charge in [-0.2, -0.15) is 0 Å². The highest BCUT2D eigenvalue weighted by atomic mass is 19.1. The highest BCUT2D eigenvalue weighted by molar-refractivity contribution is 5.96. The molecule has 1 heterocycles. The maximum absolute atomic E-state index is 13.6. The molecule has 1 aliphatic rings. The second-order valence-corrected chi connectivity index (χ2v) is 6.81. The van der Waals surface area contributed by atoms with Crippen molar-refractivity contribution in [2.24, 2.45) is 0 Å². The van der Waals surface area contributed by atoms with Crippen LogP contribution < -0.4 is 10.1 Å². The van der Waals surface area contributed by atoms with E-state index in [1.54, 1.807) is 12.0 Å². The molecule has 29 heavy (non-hydrogen) atoms. The second kappa shape index (κ2) is 9.47. The molecule has 0 saturated carbocycles. The summed E-state index contributed by atoms with van der Waals surface area (Å²) in [4.78, 5) is 28.3. The number of nitrogens with one attached hydrogen (secondary N) is 1. The van der Waals surface area contributed by atoms with Crippen LogP contribution >= 0.6 is 0 Å². The van der Waals surface area contributed by atoms with Crippen LogP contribution in [0.2, 0.25) is 0 Å². The Labute approximate surface area is 168 Å². The van der Waals surface area contributed by atoms with Crippen LogP contribution in [-0.4, -0.2) is 61.4 Å². The minimum atomic E-state index is -0.956. The van der Waals surface area contributed by atoms with Crippen molar-refractivity contribution >= 4 is 11.8 Å². The summed E-state index contributed by atoms with van der Waals surface area (Å²) in [5, 5.41) is 2.40. The van der Waals surface area contributed by atoms with Crippen molar-refractivity contribution in [1.82, 2.24) is 15.1 Å². The Morgan fingerprint density at radius 3 is 2.34 bits per heavy atom. The fourth-order valence-electron chi connectivity index (χ4n) is 3.18. The standard InChI is InChI=1S/C21H23F2N3O3/c1-29-17-5-2-15(3-6-17)14-25-8-10-26(11-9-25)20(27)13-24-21(28)18-7-4-16(22)12-19(18)23/h2-7,12H,8-11,13-14H2,1H3,(H,24,28). The second-order valence-electron chi connectivity index (χ2n) is 6.81. The summed E-state index contributed by atoms with van der Waals surface area (Å²) in [6.07, 6.45) is 0. The predicted octanol–water partition coefficient (Wildman–Crippen LogP) is 2.05. The Morgan fingerprint density at radius 2 is 1.72 bits per heavy atom. The highest BCUT2D eigenvalue weighted by Gasteiger charge is 2.22. The molecule has 3 rings (SSSR count). The number of nitrogens with zero attached hydrogens (tertiary/aromatic N) is 2. The largest absolute Gasteiger partial charge is 0.497 e. The number of benzene rings is 2. The van der Waals surface area contributed by atoms with Gasteiger partial charge in [-0.3, -0.25) is 14.5 Å². The number of hydrogen-bond acceptors (Lipinski definition) is 4. The smallest absolute Gasteiger partial charge is 0.254 e. The number of carbonyl (C=O) groups is 2. The average Bonchev–Trinajstić information content (AvgIpc) is 2.73. The zero-order chi connectivity index (χ0) is 20.8. The van der Waals surface area contributed by atoms with Gasteiger partial charge >= 0.3 is 0 Å². The molecule has 0 spiro atoms. The molecule has 0 radical (unpaired) electrons. The fourth-order valence-corrected chi connectivity index (χ4v) is 3.18. The normalized spacial score (nSPS) is 14.5. The van der Waals surface area contributed by atoms with Gasteiger partial charge in [0.25, 0.3) is 5.91 Å². The Bertz CT molecular complexity index is 866. The topological polar surface area (TPSA) is 61.9 Å². The lowest BCUT2D eigenvalue weighted by Crippen LogP contribution is -2.50. The fraction of sp³-hybridized carbons (Fsp3) is 0.333. The van der Waals surface area contributed by atoms with E-state index in [4.69, 9.17) is 4.74 Å². The van der Waals surface area contributed by atoms with Crippen LogP contribution in [0.3, 0.4) is 0 Å². The Kier molecular flexibility index (Phi) is 6.77. The number of ether oxygens (including phenoxy) is 1. The molecule has 1 saturated heterocycles. The first-order valence-corrected chi connectivity index (χ1v) is 9.32. The van der Waals surface area contributed by atoms with E-state index in [1.807, 2.05) is 24.3 Å². The first-order chi connectivity index (χ1) is 14.0. The third kappa shape index (κ3) is 5.51. The first-order valence-electron chi connectivity index (χ1n) is 9.32. The van der Waals surface area contributed by atoms with Gasteiger partial charge in [0.1, 0.15) is 17.4 Å². The van der Waals surface area contributed by atoms with Crippen molar-refractivity contribution in [2.75, 3.05) is 39.8 Å². The minimum absolute atomic E-state index is 0.228. The van der Waals surface area contributed by atoms with Crippen molar-refractivity contribution in [3.8, 4) is 5.75 Å². The van der Waals surface area contributed by atoms with Crippen molar-refractivity contribution in [1.29, 1.82) is 0 Å². The van der Waals surface area contributed by atoms with Crippen LogP contribution in [0.4, 0.5) is 8.78 Å². The maximum atomic E-state index is 13.6. The van der Waals surface area contributed by atoms with Gasteiger partial charge in [0.05, 0.1) is 19.2 Å². The average molecular weight is 403 g/mol. The van der Waals surface area contributed by atoms with E-state index < -0.39 is 17.5 Å². The number of halogens is 2. The maximum Gasteiger partial charge on any atom is 0.254 e. The van der Waals surface area contributed by atoms with Gasteiger partial charge in [-0.05, 0) is 29.8 Å². The van der Waals surface area contributed by atoms with Gasteiger partial charge in [-0.25, -0.2) is 8.78 Å². The molecule has 1 fully saturated rings. The van der Waals surface area contributed by atoms with Gasteiger partial charge in [0.15, 0.2) is 0 Å². The zero-order valence-corrected chi connectivity index (χ0v) is 16.2. The summed E-state index contributed by atoms with van der Waals surface area (Å²) in [7, 11) is 1.63. The molecule has 154 valence electrons. The van der Waals surface area contributed by atoms with E-state index in [-0.39, 0.29) is 18.0 Å². The molecule has 2 aromatic carbocycles. The quantitative estimate of drug-likeness (QED) is 0.802. The monoisotopic (exact) mass is 403 g/mol. The van der Waals surface area contributed by atoms with E-state index in [9.17, 15) is 18.4 Å². The minimum Gasteiger partial charge on any atom is -0.497 e. The third-order valence-corrected chi connectivity index (χ3v) is 4.87. The van der Waals surface area contributed by atoms with Crippen molar-refractivity contribution in [2.45, 2.75) is 6.54 Å². The lowest BCUT2D eigenvalue weighted by atomic mass is 10.2. The summed E-state index contributed by atoms with van der Waals surface area (Å²) in [6, 6.07) is 10.6. The lowest BCUT2D eigenvalue weighted by molar-refractivity contribution is -0.131. The van der Waals surface area contributed by atoms with Crippen LogP contribution in [0, 0.1) is 11.6 Å². The Morgan fingerprint density at radius 1 is 1.03 bits per heavy atom. The molecule has 0 unspecified atom stereocenters. The van der Waals surface area contributed by atoms with E-state index in [2.05, 4.69) is 10.2 Å². The first kappa shape index (κ1) is 20.7. The summed E-state index contributed by atoms with van der Waals surface area (Å²) < 4.78 is 31.7. The molecule has 2 amide bonds. The van der Waals surface area contributed by atoms with E-state index >= 15 is 0 Å². The number of carbonyl (C=O) groups excluding carboxylic acids is 2. The van der Waals surface area contributed by atoms with Crippen LogP contribution in [-0.2, 0) is 11.3 Å². The molecule has 0 aliphatic carbocycles. The number of amides is 2. The Balaban J connectivity index is 1.44.